The van der Waals surface area contributed by atoms with Crippen LogP contribution in [0, 0.1) is 21.6 Å². The van der Waals surface area contributed by atoms with Crippen molar-refractivity contribution in [3.8, 4) is 0 Å². The summed E-state index contributed by atoms with van der Waals surface area (Å²) >= 11 is 0. The zero-order valence-electron chi connectivity index (χ0n) is 6.28. The summed E-state index contributed by atoms with van der Waals surface area (Å²) in [4.78, 5) is 19.6. The molecule has 4 heteroatoms. The van der Waals surface area contributed by atoms with Crippen LogP contribution in [0.3, 0.4) is 0 Å². The van der Waals surface area contributed by atoms with E-state index in [0.29, 0.717) is 5.92 Å². The molecule has 0 heterocycles. The molecule has 0 aliphatic heterocycles. The van der Waals surface area contributed by atoms with E-state index in [1.807, 2.05) is 13.8 Å². The maximum atomic E-state index is 9.80. The van der Waals surface area contributed by atoms with Crippen molar-refractivity contribution in [3.63, 3.8) is 0 Å². The molecule has 0 saturated carbocycles. The molecular weight excluding hydrogens is 132 g/mol. The normalized spacial score (nSPS) is 10.4. The van der Waals surface area contributed by atoms with Gasteiger partial charge in [0.2, 0.25) is 0 Å². The van der Waals surface area contributed by atoms with Gasteiger partial charge < -0.3 is 0 Å². The van der Waals surface area contributed by atoms with E-state index in [-0.39, 0.29) is 19.0 Å². The molecule has 0 N–H and O–H groups in total. The highest BCUT2D eigenvalue weighted by atomic mass is 16.3. The molecule has 0 rings (SSSR count). The molecule has 0 amide bonds. The van der Waals surface area contributed by atoms with Gasteiger partial charge in [-0.25, -0.2) is 0 Å². The summed E-state index contributed by atoms with van der Waals surface area (Å²) in [7, 11) is 0. The lowest BCUT2D eigenvalue weighted by atomic mass is 9.96. The number of nitroso groups, excluding NO2 is 2. The van der Waals surface area contributed by atoms with Crippen molar-refractivity contribution in [2.24, 2.45) is 22.2 Å². The Kier molecular flexibility index (Phi) is 4.62. The summed E-state index contributed by atoms with van der Waals surface area (Å²) in [5.74, 6) is 0.324. The average molecular weight is 144 g/mol. The van der Waals surface area contributed by atoms with Crippen molar-refractivity contribution in [2.45, 2.75) is 13.8 Å². The minimum atomic E-state index is 0.0231. The molecule has 0 aliphatic carbocycles. The molecule has 0 fully saturated rings. The fraction of sp³-hybridized carbons (Fsp3) is 1.00. The Morgan fingerprint density at radius 3 is 1.70 bits per heavy atom. The molecule has 0 aliphatic rings. The van der Waals surface area contributed by atoms with Crippen molar-refractivity contribution in [2.75, 3.05) is 13.1 Å². The van der Waals surface area contributed by atoms with Crippen LogP contribution in [-0.4, -0.2) is 13.1 Å². The van der Waals surface area contributed by atoms with Crippen molar-refractivity contribution in [3.05, 3.63) is 9.81 Å². The lowest BCUT2D eigenvalue weighted by Gasteiger charge is -2.12. The second-order valence-electron chi connectivity index (χ2n) is 2.63. The maximum Gasteiger partial charge on any atom is 0.0860 e. The van der Waals surface area contributed by atoms with E-state index in [4.69, 9.17) is 0 Å². The minimum absolute atomic E-state index is 0.0231. The van der Waals surface area contributed by atoms with Crippen LogP contribution in [0.5, 0.6) is 0 Å². The third-order valence-corrected chi connectivity index (χ3v) is 1.56. The van der Waals surface area contributed by atoms with Gasteiger partial charge in [0.05, 0.1) is 13.1 Å². The van der Waals surface area contributed by atoms with Crippen LogP contribution in [-0.2, 0) is 0 Å². The van der Waals surface area contributed by atoms with Crippen molar-refractivity contribution >= 4 is 0 Å². The van der Waals surface area contributed by atoms with Crippen LogP contribution in [0.4, 0.5) is 0 Å². The molecule has 4 nitrogen and oxygen atoms in total. The topological polar surface area (TPSA) is 58.9 Å². The minimum Gasteiger partial charge on any atom is -0.151 e. The van der Waals surface area contributed by atoms with Gasteiger partial charge in [-0.3, -0.25) is 0 Å². The fourth-order valence-corrected chi connectivity index (χ4v) is 0.671. The zero-order chi connectivity index (χ0) is 7.98. The van der Waals surface area contributed by atoms with Crippen molar-refractivity contribution in [1.82, 2.24) is 0 Å². The number of rotatable bonds is 5. The third-order valence-electron chi connectivity index (χ3n) is 1.56. The van der Waals surface area contributed by atoms with Crippen LogP contribution in [0.25, 0.3) is 0 Å². The molecule has 58 valence electrons. The molecule has 0 atom stereocenters. The Bertz CT molecular complexity index is 104. The summed E-state index contributed by atoms with van der Waals surface area (Å²) in [6.45, 7) is 4.29. The van der Waals surface area contributed by atoms with E-state index in [1.54, 1.807) is 0 Å². The van der Waals surface area contributed by atoms with Crippen molar-refractivity contribution < 1.29 is 0 Å². The van der Waals surface area contributed by atoms with E-state index in [9.17, 15) is 9.81 Å². The summed E-state index contributed by atoms with van der Waals surface area (Å²) in [6.07, 6.45) is 0. The molecule has 0 saturated heterocycles. The number of hydrogen-bond donors (Lipinski definition) is 0. The van der Waals surface area contributed by atoms with Crippen LogP contribution in [0.15, 0.2) is 10.4 Å². The summed E-state index contributed by atoms with van der Waals surface area (Å²) in [6, 6.07) is 0. The molecule has 0 aromatic carbocycles. The Hall–Kier alpha value is -0.800. The molecule has 0 aromatic rings. The highest BCUT2D eigenvalue weighted by Gasteiger charge is 2.12. The lowest BCUT2D eigenvalue weighted by Crippen LogP contribution is -2.15. The Balaban J connectivity index is 3.70. The highest BCUT2D eigenvalue weighted by Crippen LogP contribution is 2.10. The largest absolute Gasteiger partial charge is 0.151 e. The fourth-order valence-electron chi connectivity index (χ4n) is 0.671. The highest BCUT2D eigenvalue weighted by molar-refractivity contribution is 4.67. The van der Waals surface area contributed by atoms with E-state index in [0.717, 1.165) is 0 Å². The molecule has 0 spiro atoms. The van der Waals surface area contributed by atoms with Gasteiger partial charge in [0.25, 0.3) is 0 Å². The van der Waals surface area contributed by atoms with Gasteiger partial charge in [-0.1, -0.05) is 24.2 Å². The molecule has 0 radical (unpaired) electrons. The van der Waals surface area contributed by atoms with E-state index in [1.165, 1.54) is 0 Å². The quantitative estimate of drug-likeness (QED) is 0.552. The first-order chi connectivity index (χ1) is 4.72. The van der Waals surface area contributed by atoms with Crippen LogP contribution in [0.1, 0.15) is 13.8 Å². The smallest absolute Gasteiger partial charge is 0.0860 e. The predicted octanol–water partition coefficient (Wildman–Crippen LogP) is 1.79. The zero-order valence-corrected chi connectivity index (χ0v) is 6.28. The van der Waals surface area contributed by atoms with Crippen LogP contribution < -0.4 is 0 Å². The molecule has 0 aromatic heterocycles. The number of hydrogen-bond acceptors (Lipinski definition) is 4. The summed E-state index contributed by atoms with van der Waals surface area (Å²) in [5.41, 5.74) is 0. The first-order valence-corrected chi connectivity index (χ1v) is 3.30. The standard InChI is InChI=1S/C6H12N2O2/c1-5(2)6(3-7-9)4-8-10/h5-6H,3-4H2,1-2H3. The molecule has 10 heavy (non-hydrogen) atoms. The van der Waals surface area contributed by atoms with Gasteiger partial charge in [-0.2, -0.15) is 9.81 Å². The van der Waals surface area contributed by atoms with Crippen LogP contribution in [0.2, 0.25) is 0 Å². The predicted molar refractivity (Wildman–Crippen MR) is 39.7 cm³/mol. The van der Waals surface area contributed by atoms with Gasteiger partial charge in [0.15, 0.2) is 0 Å². The summed E-state index contributed by atoms with van der Waals surface area (Å²) < 4.78 is 0. The molecular formula is C6H12N2O2. The van der Waals surface area contributed by atoms with Crippen LogP contribution >= 0.6 is 0 Å². The SMILES string of the molecule is CC(C)C(CN=O)CN=O. The Labute approximate surface area is 60.0 Å². The first kappa shape index (κ1) is 9.20. The monoisotopic (exact) mass is 144 g/mol. The third kappa shape index (κ3) is 3.27. The Morgan fingerprint density at radius 2 is 1.50 bits per heavy atom. The van der Waals surface area contributed by atoms with Gasteiger partial charge in [-0.15, -0.1) is 0 Å². The molecule has 0 bridgehead atoms. The molecule has 0 unspecified atom stereocenters. The van der Waals surface area contributed by atoms with Crippen molar-refractivity contribution in [1.29, 1.82) is 0 Å². The van der Waals surface area contributed by atoms with E-state index >= 15 is 0 Å². The van der Waals surface area contributed by atoms with E-state index < -0.39 is 0 Å². The van der Waals surface area contributed by atoms with Gasteiger partial charge in [-0.05, 0) is 5.92 Å². The van der Waals surface area contributed by atoms with E-state index in [2.05, 4.69) is 10.4 Å². The first-order valence-electron chi connectivity index (χ1n) is 3.30. The lowest BCUT2D eigenvalue weighted by molar-refractivity contribution is 0.403. The average Bonchev–Trinajstić information content (AvgIpc) is 1.87. The van der Waals surface area contributed by atoms with Gasteiger partial charge in [0, 0.05) is 5.92 Å². The van der Waals surface area contributed by atoms with Gasteiger partial charge in [0.1, 0.15) is 0 Å². The van der Waals surface area contributed by atoms with Gasteiger partial charge >= 0.3 is 0 Å². The maximum absolute atomic E-state index is 9.80. The summed E-state index contributed by atoms with van der Waals surface area (Å²) in [5, 5.41) is 5.45. The second kappa shape index (κ2) is 5.02. The number of nitrogens with zero attached hydrogens (tertiary/aromatic N) is 2. The second-order valence-corrected chi connectivity index (χ2v) is 2.63. The Morgan fingerprint density at radius 1 is 1.10 bits per heavy atom.